The molecule has 1 heterocycles. The molecule has 0 aromatic carbocycles. The minimum Gasteiger partial charge on any atom is -0.225 e. The van der Waals surface area contributed by atoms with E-state index in [1.165, 1.54) is 6.42 Å². The summed E-state index contributed by atoms with van der Waals surface area (Å²) < 4.78 is 0. The van der Waals surface area contributed by atoms with Crippen molar-refractivity contribution in [3.8, 4) is 0 Å². The molecule has 0 spiro atoms. The second-order valence-electron chi connectivity index (χ2n) is 1.39. The number of rotatable bonds is 0. The largest absolute Gasteiger partial charge is 0.225 e. The fraction of sp³-hybridized carbons (Fsp3) is 1.00. The lowest BCUT2D eigenvalue weighted by Gasteiger charge is -2.06. The molecule has 2 nitrogen and oxygen atoms in total. The Labute approximate surface area is 37.9 Å². The van der Waals surface area contributed by atoms with Crippen LogP contribution >= 0.6 is 0 Å². The summed E-state index contributed by atoms with van der Waals surface area (Å²) in [5.41, 5.74) is 0. The van der Waals surface area contributed by atoms with Crippen LogP contribution in [0.4, 0.5) is 0 Å². The van der Waals surface area contributed by atoms with Crippen LogP contribution in [0.3, 0.4) is 0 Å². The molecule has 0 aromatic rings. The molecule has 1 aliphatic rings. The molecule has 0 unspecified atom stereocenters. The van der Waals surface area contributed by atoms with Crippen molar-refractivity contribution in [2.75, 3.05) is 19.8 Å². The zero-order valence-electron chi connectivity index (χ0n) is 3.72. The summed E-state index contributed by atoms with van der Waals surface area (Å²) in [6.07, 6.45) is 1.17. The SMILES string of the molecule is C1C[N]C[N]C1. The van der Waals surface area contributed by atoms with E-state index in [9.17, 15) is 0 Å². The first kappa shape index (κ1) is 4.09. The maximum absolute atomic E-state index is 4.01. The van der Waals surface area contributed by atoms with Gasteiger partial charge in [0, 0.05) is 13.1 Å². The minimum atomic E-state index is 0.750. The average molecular weight is 84.1 g/mol. The fourth-order valence-corrected chi connectivity index (χ4v) is 0.506. The van der Waals surface area contributed by atoms with E-state index in [4.69, 9.17) is 0 Å². The van der Waals surface area contributed by atoms with E-state index in [1.54, 1.807) is 0 Å². The van der Waals surface area contributed by atoms with Crippen LogP contribution in [0.1, 0.15) is 6.42 Å². The lowest BCUT2D eigenvalue weighted by Crippen LogP contribution is -2.26. The van der Waals surface area contributed by atoms with Crippen molar-refractivity contribution in [1.82, 2.24) is 10.6 Å². The van der Waals surface area contributed by atoms with Gasteiger partial charge in [-0.05, 0) is 6.42 Å². The molecule has 0 bridgehead atoms. The Bertz CT molecular complexity index is 21.0. The zero-order valence-corrected chi connectivity index (χ0v) is 3.72. The molecular weight excluding hydrogens is 76.1 g/mol. The maximum Gasteiger partial charge on any atom is 0.0787 e. The summed E-state index contributed by atoms with van der Waals surface area (Å²) in [4.78, 5) is 0. The van der Waals surface area contributed by atoms with Crippen molar-refractivity contribution >= 4 is 0 Å². The highest BCUT2D eigenvalue weighted by atomic mass is 15.1. The monoisotopic (exact) mass is 84.1 g/mol. The van der Waals surface area contributed by atoms with Gasteiger partial charge in [0.05, 0.1) is 6.67 Å². The molecular formula is C4H8N2. The normalized spacial score (nSPS) is 24.0. The Morgan fingerprint density at radius 3 is 1.83 bits per heavy atom. The van der Waals surface area contributed by atoms with Gasteiger partial charge >= 0.3 is 0 Å². The molecule has 1 rings (SSSR count). The summed E-state index contributed by atoms with van der Waals surface area (Å²) in [6, 6.07) is 0. The molecule has 1 saturated heterocycles. The molecule has 0 aliphatic carbocycles. The smallest absolute Gasteiger partial charge is 0.0787 e. The molecule has 0 saturated carbocycles. The Morgan fingerprint density at radius 2 is 1.67 bits per heavy atom. The van der Waals surface area contributed by atoms with E-state index in [2.05, 4.69) is 10.6 Å². The third-order valence-corrected chi connectivity index (χ3v) is 0.832. The first-order valence-electron chi connectivity index (χ1n) is 2.26. The number of hydrogen-bond donors (Lipinski definition) is 0. The molecule has 0 amide bonds. The van der Waals surface area contributed by atoms with Crippen molar-refractivity contribution < 1.29 is 0 Å². The highest BCUT2D eigenvalue weighted by Gasteiger charge is 1.95. The lowest BCUT2D eigenvalue weighted by molar-refractivity contribution is 0.479. The van der Waals surface area contributed by atoms with Crippen molar-refractivity contribution in [2.24, 2.45) is 0 Å². The Kier molecular flexibility index (Phi) is 1.47. The summed E-state index contributed by atoms with van der Waals surface area (Å²) in [5, 5.41) is 8.02. The van der Waals surface area contributed by atoms with Gasteiger partial charge in [-0.25, -0.2) is 10.6 Å². The lowest BCUT2D eigenvalue weighted by atomic mass is 10.4. The molecule has 0 atom stereocenters. The first-order chi connectivity index (χ1) is 3.00. The molecule has 2 radical (unpaired) electrons. The summed E-state index contributed by atoms with van der Waals surface area (Å²) in [5.74, 6) is 0. The first-order valence-corrected chi connectivity index (χ1v) is 2.26. The van der Waals surface area contributed by atoms with Gasteiger partial charge in [0.15, 0.2) is 0 Å². The van der Waals surface area contributed by atoms with Crippen LogP contribution in [0, 0.1) is 0 Å². The van der Waals surface area contributed by atoms with Crippen LogP contribution in [0.5, 0.6) is 0 Å². The van der Waals surface area contributed by atoms with Crippen LogP contribution in [0.15, 0.2) is 0 Å². The van der Waals surface area contributed by atoms with Gasteiger partial charge < -0.3 is 0 Å². The molecule has 1 aliphatic heterocycles. The molecule has 34 valence electrons. The van der Waals surface area contributed by atoms with Crippen LogP contribution in [0.2, 0.25) is 0 Å². The summed E-state index contributed by atoms with van der Waals surface area (Å²) in [7, 11) is 0. The maximum atomic E-state index is 4.01. The van der Waals surface area contributed by atoms with Crippen molar-refractivity contribution in [3.05, 3.63) is 0 Å². The van der Waals surface area contributed by atoms with Gasteiger partial charge in [0.2, 0.25) is 0 Å². The van der Waals surface area contributed by atoms with E-state index in [0.717, 1.165) is 19.8 Å². The highest BCUT2D eigenvalue weighted by Crippen LogP contribution is 1.80. The molecule has 1 fully saturated rings. The van der Waals surface area contributed by atoms with Crippen LogP contribution in [-0.2, 0) is 0 Å². The van der Waals surface area contributed by atoms with E-state index < -0.39 is 0 Å². The van der Waals surface area contributed by atoms with E-state index in [1.807, 2.05) is 0 Å². The Morgan fingerprint density at radius 1 is 1.00 bits per heavy atom. The van der Waals surface area contributed by atoms with Gasteiger partial charge in [0.25, 0.3) is 0 Å². The van der Waals surface area contributed by atoms with Gasteiger partial charge in [-0.2, -0.15) is 0 Å². The Balaban J connectivity index is 2.00. The summed E-state index contributed by atoms with van der Waals surface area (Å²) in [6.45, 7) is 2.81. The highest BCUT2D eigenvalue weighted by molar-refractivity contribution is 4.53. The summed E-state index contributed by atoms with van der Waals surface area (Å²) >= 11 is 0. The van der Waals surface area contributed by atoms with Crippen LogP contribution < -0.4 is 10.6 Å². The third-order valence-electron chi connectivity index (χ3n) is 0.832. The van der Waals surface area contributed by atoms with Crippen molar-refractivity contribution in [1.29, 1.82) is 0 Å². The van der Waals surface area contributed by atoms with E-state index >= 15 is 0 Å². The van der Waals surface area contributed by atoms with E-state index in [-0.39, 0.29) is 0 Å². The molecule has 2 heteroatoms. The molecule has 0 aromatic heterocycles. The van der Waals surface area contributed by atoms with Crippen molar-refractivity contribution in [2.45, 2.75) is 6.42 Å². The van der Waals surface area contributed by atoms with E-state index in [0.29, 0.717) is 0 Å². The van der Waals surface area contributed by atoms with Gasteiger partial charge in [0.1, 0.15) is 0 Å². The third kappa shape index (κ3) is 0.954. The fourth-order valence-electron chi connectivity index (χ4n) is 0.506. The van der Waals surface area contributed by atoms with Crippen molar-refractivity contribution in [3.63, 3.8) is 0 Å². The van der Waals surface area contributed by atoms with Gasteiger partial charge in [-0.3, -0.25) is 0 Å². The van der Waals surface area contributed by atoms with Crippen LogP contribution in [-0.4, -0.2) is 19.8 Å². The van der Waals surface area contributed by atoms with Gasteiger partial charge in [-0.1, -0.05) is 0 Å². The standard InChI is InChI=1S/C4H8N2/c1-2-5-4-6-3-1/h1-4H2. The predicted molar refractivity (Wildman–Crippen MR) is 23.5 cm³/mol. The van der Waals surface area contributed by atoms with Crippen LogP contribution in [0.25, 0.3) is 0 Å². The van der Waals surface area contributed by atoms with Gasteiger partial charge in [-0.15, -0.1) is 0 Å². The molecule has 0 N–H and O–H groups in total. The average Bonchev–Trinajstić information content (AvgIpc) is 1.72. The number of hydrogen-bond acceptors (Lipinski definition) is 0. The second-order valence-corrected chi connectivity index (χ2v) is 1.39. The zero-order chi connectivity index (χ0) is 4.24. The second kappa shape index (κ2) is 2.16. The minimum absolute atomic E-state index is 0.750. The predicted octanol–water partition coefficient (Wildman–Crippen LogP) is -0.444. The number of nitrogens with zero attached hydrogens (tertiary/aromatic N) is 2. The quantitative estimate of drug-likeness (QED) is 0.380. The Hall–Kier alpha value is -0.0800. The molecule has 6 heavy (non-hydrogen) atoms. The topological polar surface area (TPSA) is 28.2 Å².